The van der Waals surface area contributed by atoms with Crippen LogP contribution < -0.4 is 0 Å². The molecule has 0 radical (unpaired) electrons. The van der Waals surface area contributed by atoms with Crippen molar-refractivity contribution in [2.24, 2.45) is 0 Å². The lowest BCUT2D eigenvalue weighted by Crippen LogP contribution is -2.02. The van der Waals surface area contributed by atoms with Crippen LogP contribution in [0.15, 0.2) is 30.3 Å². The van der Waals surface area contributed by atoms with Crippen molar-refractivity contribution < 1.29 is 56.5 Å². The van der Waals surface area contributed by atoms with E-state index in [4.69, 9.17) is 4.74 Å². The van der Waals surface area contributed by atoms with Crippen molar-refractivity contribution in [2.75, 3.05) is 7.11 Å². The minimum absolute atomic E-state index is 0.709. The predicted molar refractivity (Wildman–Crippen MR) is 67.7 cm³/mol. The monoisotopic (exact) mass is 383 g/mol. The highest BCUT2D eigenvalue weighted by Crippen LogP contribution is 2.07. The lowest BCUT2D eigenvalue weighted by Gasteiger charge is -1.95. The Hall–Kier alpha value is -1.47. The molecule has 0 aliphatic rings. The van der Waals surface area contributed by atoms with Crippen LogP contribution in [0, 0.1) is 0 Å². The highest BCUT2D eigenvalue weighted by Gasteiger charge is 2.21. The summed E-state index contributed by atoms with van der Waals surface area (Å²) in [4.78, 5) is 0. The van der Waals surface area contributed by atoms with Crippen LogP contribution in [0.3, 0.4) is 0 Å². The zero-order chi connectivity index (χ0) is 20.0. The molecule has 1 nitrogen and oxygen atoms in total. The van der Waals surface area contributed by atoms with E-state index in [-0.39, 0.29) is 0 Å². The summed E-state index contributed by atoms with van der Waals surface area (Å²) in [5.41, 5.74) is 1.22. The molecule has 1 rings (SSSR count). The normalized spacial score (nSPS) is 11.0. The average molecular weight is 383 g/mol. The Morgan fingerprint density at radius 1 is 0.625 bits per heavy atom. The highest BCUT2D eigenvalue weighted by atomic mass is 19.5. The molecule has 0 bridgehead atoms. The first-order valence-electron chi connectivity index (χ1n) is 5.58. The van der Waals surface area contributed by atoms with Gasteiger partial charge in [-0.15, -0.1) is 0 Å². The molecular weight excluding hydrogens is 372 g/mol. The summed E-state index contributed by atoms with van der Waals surface area (Å²) in [5, 5.41) is 0. The summed E-state index contributed by atoms with van der Waals surface area (Å²) in [7, 11) is -16.3. The van der Waals surface area contributed by atoms with Crippen LogP contribution in [0.1, 0.15) is 5.56 Å². The van der Waals surface area contributed by atoms with Crippen molar-refractivity contribution in [1.82, 2.24) is 0 Å². The molecule has 0 spiro atoms. The van der Waals surface area contributed by atoms with Gasteiger partial charge in [-0.3, -0.25) is 0 Å². The zero-order valence-corrected chi connectivity index (χ0v) is 11.8. The SMILES string of the molecule is COCc1ccccc1.F[B-](F)(F)F.F[B-](F)(F)F.F[B-](F)(F)F. The van der Waals surface area contributed by atoms with E-state index in [0.717, 1.165) is 0 Å². The van der Waals surface area contributed by atoms with Gasteiger partial charge < -0.3 is 56.5 Å². The van der Waals surface area contributed by atoms with Crippen molar-refractivity contribution in [3.8, 4) is 0 Å². The Morgan fingerprint density at radius 2 is 0.875 bits per heavy atom. The Kier molecular flexibility index (Phi) is 14.7. The fourth-order valence-electron chi connectivity index (χ4n) is 0.741. The third-order valence-corrected chi connectivity index (χ3v) is 1.15. The fourth-order valence-corrected chi connectivity index (χ4v) is 0.741. The van der Waals surface area contributed by atoms with Gasteiger partial charge in [-0.05, 0) is 5.56 Å². The number of methoxy groups -OCH3 is 1. The van der Waals surface area contributed by atoms with Crippen LogP contribution in [0.5, 0.6) is 0 Å². The molecule has 16 heteroatoms. The lowest BCUT2D eigenvalue weighted by atomic mass is 10.2. The molecule has 0 aliphatic carbocycles. The molecule has 24 heavy (non-hydrogen) atoms. The van der Waals surface area contributed by atoms with Gasteiger partial charge in [-0.1, -0.05) is 30.3 Å². The van der Waals surface area contributed by atoms with Gasteiger partial charge in [0.1, 0.15) is 0 Å². The van der Waals surface area contributed by atoms with Crippen LogP contribution in [0.25, 0.3) is 0 Å². The van der Waals surface area contributed by atoms with E-state index < -0.39 is 21.8 Å². The van der Waals surface area contributed by atoms with Gasteiger partial charge in [0.05, 0.1) is 6.61 Å². The molecule has 0 saturated heterocycles. The van der Waals surface area contributed by atoms with E-state index in [9.17, 15) is 51.8 Å². The first kappa shape index (κ1) is 27.4. The van der Waals surface area contributed by atoms with Gasteiger partial charge in [0.25, 0.3) is 0 Å². The van der Waals surface area contributed by atoms with Gasteiger partial charge in [0.15, 0.2) is 0 Å². The van der Waals surface area contributed by atoms with E-state index in [2.05, 4.69) is 0 Å². The largest absolute Gasteiger partial charge is 0.673 e. The molecule has 0 fully saturated rings. The minimum atomic E-state index is -6.00. The molecule has 0 N–H and O–H groups in total. The number of halogens is 12. The highest BCUT2D eigenvalue weighted by molar-refractivity contribution is 6.50. The molecule has 144 valence electrons. The molecule has 0 atom stereocenters. The van der Waals surface area contributed by atoms with Crippen LogP contribution in [-0.2, 0) is 11.3 Å². The quantitative estimate of drug-likeness (QED) is 0.469. The van der Waals surface area contributed by atoms with E-state index in [0.29, 0.717) is 6.61 Å². The number of rotatable bonds is 2. The molecule has 0 heterocycles. The fraction of sp³-hybridized carbons (Fsp3) is 0.250. The second-order valence-corrected chi connectivity index (χ2v) is 3.40. The first-order chi connectivity index (χ1) is 10.4. The smallest absolute Gasteiger partial charge is 0.418 e. The molecule has 0 saturated carbocycles. The summed E-state index contributed by atoms with van der Waals surface area (Å²) >= 11 is 0. The van der Waals surface area contributed by atoms with Crippen LogP contribution in [-0.4, -0.2) is 28.9 Å². The van der Waals surface area contributed by atoms with Crippen molar-refractivity contribution >= 4 is 21.8 Å². The summed E-state index contributed by atoms with van der Waals surface area (Å²) in [6.45, 7) is 0.709. The zero-order valence-electron chi connectivity index (χ0n) is 11.8. The molecule has 0 amide bonds. The Balaban J connectivity index is -0.000000259. The number of hydrogen-bond acceptors (Lipinski definition) is 1. The maximum atomic E-state index is 9.75. The van der Waals surface area contributed by atoms with Gasteiger partial charge in [-0.2, -0.15) is 0 Å². The van der Waals surface area contributed by atoms with E-state index in [1.807, 2.05) is 30.3 Å². The van der Waals surface area contributed by atoms with Crippen molar-refractivity contribution in [1.29, 1.82) is 0 Å². The first-order valence-corrected chi connectivity index (χ1v) is 5.58. The maximum Gasteiger partial charge on any atom is 0.673 e. The second kappa shape index (κ2) is 12.9. The van der Waals surface area contributed by atoms with E-state index in [1.165, 1.54) is 5.56 Å². The lowest BCUT2D eigenvalue weighted by molar-refractivity contribution is 0.185. The Bertz CT molecular complexity index is 343. The third-order valence-electron chi connectivity index (χ3n) is 1.15. The van der Waals surface area contributed by atoms with Gasteiger partial charge >= 0.3 is 21.8 Å². The molecule has 1 aromatic carbocycles. The van der Waals surface area contributed by atoms with Crippen molar-refractivity contribution in [2.45, 2.75) is 6.61 Å². The molecule has 1 aromatic rings. The summed E-state index contributed by atoms with van der Waals surface area (Å²) < 4.78 is 122. The summed E-state index contributed by atoms with van der Waals surface area (Å²) in [6.07, 6.45) is 0. The van der Waals surface area contributed by atoms with E-state index in [1.54, 1.807) is 7.11 Å². The standard InChI is InChI=1S/C8H10O.3BF4/c1-9-7-8-5-3-2-4-6-8;3*2-1(3,4)5/h2-6H,7H2,1H3;;;/q;3*-1. The Labute approximate surface area is 129 Å². The van der Waals surface area contributed by atoms with Gasteiger partial charge in [0, 0.05) is 7.11 Å². The second-order valence-electron chi connectivity index (χ2n) is 3.40. The summed E-state index contributed by atoms with van der Waals surface area (Å²) in [5.74, 6) is 0. The Morgan fingerprint density at radius 3 is 1.08 bits per heavy atom. The third kappa shape index (κ3) is 86.2. The van der Waals surface area contributed by atoms with E-state index >= 15 is 0 Å². The number of benzene rings is 1. The molecular formula is C8H10B3F12O-3. The number of ether oxygens (including phenoxy) is 1. The molecule has 0 unspecified atom stereocenters. The van der Waals surface area contributed by atoms with Crippen LogP contribution in [0.2, 0.25) is 0 Å². The number of hydrogen-bond donors (Lipinski definition) is 0. The average Bonchev–Trinajstić information content (AvgIpc) is 2.23. The topological polar surface area (TPSA) is 9.23 Å². The van der Waals surface area contributed by atoms with Gasteiger partial charge in [-0.25, -0.2) is 0 Å². The maximum absolute atomic E-state index is 9.75. The van der Waals surface area contributed by atoms with Crippen LogP contribution >= 0.6 is 0 Å². The van der Waals surface area contributed by atoms with Gasteiger partial charge in [0.2, 0.25) is 0 Å². The molecule has 0 aromatic heterocycles. The molecule has 0 aliphatic heterocycles. The van der Waals surface area contributed by atoms with Crippen molar-refractivity contribution in [3.63, 3.8) is 0 Å². The predicted octanol–water partition coefficient (Wildman–Crippen LogP) is 5.73. The van der Waals surface area contributed by atoms with Crippen molar-refractivity contribution in [3.05, 3.63) is 35.9 Å². The minimum Gasteiger partial charge on any atom is -0.418 e. The van der Waals surface area contributed by atoms with Crippen LogP contribution in [0.4, 0.5) is 51.8 Å². The summed E-state index contributed by atoms with van der Waals surface area (Å²) in [6, 6.07) is 10.1.